The Bertz CT molecular complexity index is 1500. The van der Waals surface area contributed by atoms with Crippen LogP contribution >= 0.6 is 24.8 Å². The smallest absolute Gasteiger partial charge is 0.479 e. The van der Waals surface area contributed by atoms with Gasteiger partial charge in [-0.05, 0) is 79.4 Å². The molecule has 2 saturated heterocycles. The van der Waals surface area contributed by atoms with Gasteiger partial charge in [0.05, 0.1) is 0 Å². The van der Waals surface area contributed by atoms with Crippen molar-refractivity contribution in [3.05, 3.63) is 71.9 Å². The van der Waals surface area contributed by atoms with Gasteiger partial charge in [-0.1, -0.05) is 19.1 Å². The van der Waals surface area contributed by atoms with Gasteiger partial charge in [0.1, 0.15) is 11.6 Å². The summed E-state index contributed by atoms with van der Waals surface area (Å²) in [5.41, 5.74) is 2.50. The zero-order valence-electron chi connectivity index (χ0n) is 26.1. The minimum Gasteiger partial charge on any atom is -0.479 e. The van der Waals surface area contributed by atoms with Crippen LogP contribution in [0.15, 0.2) is 60.8 Å². The summed E-state index contributed by atoms with van der Waals surface area (Å²) in [6.45, 7) is 4.72. The molecule has 47 heavy (non-hydrogen) atoms. The molecule has 2 N–H and O–H groups in total. The fraction of sp³-hybridized carbons (Fsp3) is 0.424. The van der Waals surface area contributed by atoms with Crippen molar-refractivity contribution >= 4 is 48.2 Å². The van der Waals surface area contributed by atoms with Crippen molar-refractivity contribution in [3.63, 3.8) is 0 Å². The van der Waals surface area contributed by atoms with E-state index in [1.165, 1.54) is 19.2 Å². The molecule has 256 valence electrons. The van der Waals surface area contributed by atoms with Crippen LogP contribution in [-0.4, -0.2) is 71.6 Å². The van der Waals surface area contributed by atoms with Gasteiger partial charge in [0.25, 0.3) is 5.91 Å². The predicted octanol–water partition coefficient (Wildman–Crippen LogP) is 7.19. The Morgan fingerprint density at radius 1 is 1.04 bits per heavy atom. The molecule has 14 heteroatoms. The number of halogens is 5. The third-order valence-electron chi connectivity index (χ3n) is 8.82. The number of nitrogens with one attached hydrogen (secondary N) is 1. The monoisotopic (exact) mass is 698 g/mol. The van der Waals surface area contributed by atoms with E-state index in [0.29, 0.717) is 55.5 Å². The molecule has 9 nitrogen and oxygen atoms in total. The second-order valence-corrected chi connectivity index (χ2v) is 11.5. The van der Waals surface area contributed by atoms with Gasteiger partial charge in [0, 0.05) is 68.6 Å². The van der Waals surface area contributed by atoms with Crippen LogP contribution in [0.2, 0.25) is 0 Å². The van der Waals surface area contributed by atoms with Crippen molar-refractivity contribution in [1.29, 1.82) is 0 Å². The lowest BCUT2D eigenvalue weighted by molar-refractivity contribution is -0.274. The van der Waals surface area contributed by atoms with Crippen LogP contribution in [-0.2, 0) is 16.1 Å². The van der Waals surface area contributed by atoms with Crippen LogP contribution < -0.4 is 15.0 Å². The number of carbonyl (C=O) groups excluding carboxylic acids is 1. The average molecular weight is 700 g/mol. The number of carboxylic acid groups (broad SMARTS) is 1. The van der Waals surface area contributed by atoms with Gasteiger partial charge in [-0.3, -0.25) is 9.69 Å². The number of piperidine rings is 1. The van der Waals surface area contributed by atoms with Crippen LogP contribution in [0.25, 0.3) is 11.1 Å². The molecule has 2 aromatic carbocycles. The lowest BCUT2D eigenvalue weighted by Crippen LogP contribution is -2.50. The van der Waals surface area contributed by atoms with Crippen molar-refractivity contribution in [1.82, 2.24) is 9.88 Å². The summed E-state index contributed by atoms with van der Waals surface area (Å²) < 4.78 is 47.3. The molecule has 0 spiro atoms. The SMILES string of the molecule is CC[C@@H]1CCCN1Cc1cc(NC(=O)c2ccc(N3CCC(OC)(C(=O)O)CC3)cc2)ncc1-c1ccc(OC(F)(F)F)cc1.Cl.Cl. The van der Waals surface area contributed by atoms with E-state index in [4.69, 9.17) is 4.74 Å². The van der Waals surface area contributed by atoms with E-state index in [0.717, 1.165) is 42.6 Å². The largest absolute Gasteiger partial charge is 0.573 e. The van der Waals surface area contributed by atoms with Crippen molar-refractivity contribution in [2.75, 3.05) is 37.0 Å². The van der Waals surface area contributed by atoms with Gasteiger partial charge in [-0.15, -0.1) is 38.0 Å². The number of rotatable bonds is 10. The standard InChI is InChI=1S/C33H37F3N4O5.2ClH/c1-3-25-5-4-16-40(25)21-24-19-29(37-20-28(24)22-8-12-27(13-9-22)45-33(34,35)36)38-30(41)23-6-10-26(11-7-23)39-17-14-32(44-2,15-18-39)31(42)43;;/h6-13,19-20,25H,3-5,14-18,21H2,1-2H3,(H,42,43)(H,37,38,41);2*1H/t25-;;/m1../s1. The normalized spacial score (nSPS) is 17.7. The second-order valence-electron chi connectivity index (χ2n) is 11.5. The zero-order valence-corrected chi connectivity index (χ0v) is 27.7. The summed E-state index contributed by atoms with van der Waals surface area (Å²) in [5, 5.41) is 12.4. The maximum Gasteiger partial charge on any atom is 0.573 e. The molecular weight excluding hydrogens is 660 g/mol. The number of anilines is 2. The minimum absolute atomic E-state index is 0. The fourth-order valence-corrected chi connectivity index (χ4v) is 6.22. The van der Waals surface area contributed by atoms with E-state index in [2.05, 4.69) is 31.8 Å². The molecule has 0 radical (unpaired) electrons. The quantitative estimate of drug-likeness (QED) is 0.229. The highest BCUT2D eigenvalue weighted by Crippen LogP contribution is 2.33. The Labute approximate surface area is 284 Å². The lowest BCUT2D eigenvalue weighted by atomic mass is 9.91. The Hall–Kier alpha value is -3.58. The highest BCUT2D eigenvalue weighted by atomic mass is 35.5. The highest BCUT2D eigenvalue weighted by molar-refractivity contribution is 6.04. The number of benzene rings is 2. The van der Waals surface area contributed by atoms with Crippen molar-refractivity contribution < 1.29 is 37.3 Å². The third-order valence-corrected chi connectivity index (χ3v) is 8.82. The first-order chi connectivity index (χ1) is 21.5. The van der Waals surface area contributed by atoms with Crippen LogP contribution in [0, 0.1) is 0 Å². The second kappa shape index (κ2) is 16.0. The molecule has 3 heterocycles. The molecule has 1 amide bonds. The number of nitrogens with zero attached hydrogens (tertiary/aromatic N) is 3. The topological polar surface area (TPSA) is 104 Å². The Morgan fingerprint density at radius 3 is 2.28 bits per heavy atom. The molecule has 3 aromatic rings. The molecule has 0 saturated carbocycles. The first-order valence-corrected chi connectivity index (χ1v) is 15.0. The number of hydrogen-bond donors (Lipinski definition) is 2. The number of carbonyl (C=O) groups is 2. The molecule has 0 aliphatic carbocycles. The lowest BCUT2D eigenvalue weighted by Gasteiger charge is -2.38. The Balaban J connectivity index is 0.00000300. The number of methoxy groups -OCH3 is 1. The molecular formula is C33H39Cl2F3N4O5. The van der Waals surface area contributed by atoms with Gasteiger partial charge in [0.15, 0.2) is 5.60 Å². The maximum atomic E-state index is 13.2. The van der Waals surface area contributed by atoms with E-state index in [1.807, 2.05) is 18.2 Å². The highest BCUT2D eigenvalue weighted by Gasteiger charge is 2.42. The molecule has 0 unspecified atom stereocenters. The molecule has 2 aliphatic rings. The number of carboxylic acids is 1. The van der Waals surface area contributed by atoms with Crippen molar-refractivity contribution in [2.24, 2.45) is 0 Å². The molecule has 1 aromatic heterocycles. The summed E-state index contributed by atoms with van der Waals surface area (Å²) in [6, 6.07) is 15.1. The van der Waals surface area contributed by atoms with Crippen LogP contribution in [0.4, 0.5) is 24.7 Å². The third kappa shape index (κ3) is 9.07. The number of pyridine rings is 1. The first-order valence-electron chi connectivity index (χ1n) is 15.0. The van der Waals surface area contributed by atoms with Gasteiger partial charge < -0.3 is 24.8 Å². The first kappa shape index (κ1) is 37.9. The molecule has 2 aliphatic heterocycles. The van der Waals surface area contributed by atoms with Crippen molar-refractivity contribution in [3.8, 4) is 16.9 Å². The van der Waals surface area contributed by atoms with E-state index in [-0.39, 0.29) is 36.5 Å². The van der Waals surface area contributed by atoms with Crippen LogP contribution in [0.3, 0.4) is 0 Å². The van der Waals surface area contributed by atoms with Crippen LogP contribution in [0.1, 0.15) is 54.9 Å². The number of hydrogen-bond acceptors (Lipinski definition) is 7. The summed E-state index contributed by atoms with van der Waals surface area (Å²) >= 11 is 0. The number of aliphatic carboxylic acids is 1. The molecule has 5 rings (SSSR count). The van der Waals surface area contributed by atoms with E-state index in [9.17, 15) is 27.9 Å². The summed E-state index contributed by atoms with van der Waals surface area (Å²) in [5.74, 6) is -1.23. The van der Waals surface area contributed by atoms with E-state index >= 15 is 0 Å². The van der Waals surface area contributed by atoms with Crippen LogP contribution in [0.5, 0.6) is 5.75 Å². The number of ether oxygens (including phenoxy) is 2. The fourth-order valence-electron chi connectivity index (χ4n) is 6.22. The van der Waals surface area contributed by atoms with Gasteiger partial charge in [-0.2, -0.15) is 0 Å². The van der Waals surface area contributed by atoms with E-state index in [1.54, 1.807) is 30.5 Å². The maximum absolute atomic E-state index is 13.2. The van der Waals surface area contributed by atoms with E-state index < -0.39 is 17.9 Å². The Morgan fingerprint density at radius 2 is 1.70 bits per heavy atom. The summed E-state index contributed by atoms with van der Waals surface area (Å²) in [7, 11) is 1.42. The molecule has 1 atom stereocenters. The van der Waals surface area contributed by atoms with Gasteiger partial charge >= 0.3 is 12.3 Å². The van der Waals surface area contributed by atoms with Crippen molar-refractivity contribution in [2.45, 2.75) is 63.6 Å². The molecule has 0 bridgehead atoms. The zero-order chi connectivity index (χ0) is 32.2. The average Bonchev–Trinajstić information content (AvgIpc) is 3.48. The van der Waals surface area contributed by atoms with Gasteiger partial charge in [-0.25, -0.2) is 9.78 Å². The Kier molecular flexibility index (Phi) is 12.9. The van der Waals surface area contributed by atoms with Gasteiger partial charge in [0.2, 0.25) is 0 Å². The minimum atomic E-state index is -4.77. The summed E-state index contributed by atoms with van der Waals surface area (Å²) in [6.07, 6.45) is 0.772. The number of likely N-dealkylation sites (tertiary alicyclic amines) is 1. The number of aromatic nitrogens is 1. The predicted molar refractivity (Wildman–Crippen MR) is 178 cm³/mol. The summed E-state index contributed by atoms with van der Waals surface area (Å²) in [4.78, 5) is 33.8. The molecule has 2 fully saturated rings. The number of amides is 1. The number of alkyl halides is 3.